The van der Waals surface area contributed by atoms with Crippen molar-refractivity contribution in [2.24, 2.45) is 0 Å². The molecule has 0 aliphatic heterocycles. The second-order valence-corrected chi connectivity index (χ2v) is 10.4. The average Bonchev–Trinajstić information content (AvgIpc) is 3.41. The minimum absolute atomic E-state index is 0. The molecule has 7 rings (SSSR count). The Balaban J connectivity index is 0.000000181. The summed E-state index contributed by atoms with van der Waals surface area (Å²) in [5, 5.41) is 2.21. The number of nitrogens with zero attached hydrogens (tertiary/aromatic N) is 2. The van der Waals surface area contributed by atoms with Crippen molar-refractivity contribution in [1.29, 1.82) is 0 Å². The summed E-state index contributed by atoms with van der Waals surface area (Å²) in [5.41, 5.74) is 10.3. The van der Waals surface area contributed by atoms with Gasteiger partial charge in [0, 0.05) is 37.9 Å². The van der Waals surface area contributed by atoms with Crippen LogP contribution >= 0.6 is 0 Å². The Kier molecular flexibility index (Phi) is 9.07. The fourth-order valence-electron chi connectivity index (χ4n) is 4.81. The molecule has 7 aromatic rings. The third-order valence-electron chi connectivity index (χ3n) is 7.16. The van der Waals surface area contributed by atoms with Gasteiger partial charge in [-0.05, 0) is 41.1 Å². The van der Waals surface area contributed by atoms with Crippen molar-refractivity contribution in [2.45, 2.75) is 26.7 Å². The zero-order chi connectivity index (χ0) is 28.2. The predicted molar refractivity (Wildman–Crippen MR) is 169 cm³/mol. The number of pyridine rings is 2. The second-order valence-electron chi connectivity index (χ2n) is 10.4. The average molecular weight is 723 g/mol. The summed E-state index contributed by atoms with van der Waals surface area (Å²) in [4.78, 5) is 9.05. The van der Waals surface area contributed by atoms with Crippen molar-refractivity contribution >= 4 is 21.9 Å². The van der Waals surface area contributed by atoms with Crippen LogP contribution in [-0.2, 0) is 20.1 Å². The van der Waals surface area contributed by atoms with E-state index in [-0.39, 0.29) is 20.1 Å². The molecule has 3 nitrogen and oxygen atoms in total. The molecule has 0 aliphatic rings. The SMILES string of the molecule is Cc1ccc(-c2[c-]cc(C(C)C)cc2)nc1.[Ir].[c-]1ccc2c(oc3ccccc32)c1-c1ccc(-c2ccccc2)cn1. The van der Waals surface area contributed by atoms with Gasteiger partial charge in [-0.25, -0.2) is 0 Å². The molecule has 0 unspecified atom stereocenters. The number of benzene rings is 4. The quantitative estimate of drug-likeness (QED) is 0.170. The van der Waals surface area contributed by atoms with Crippen molar-refractivity contribution in [3.8, 4) is 33.6 Å². The van der Waals surface area contributed by atoms with Gasteiger partial charge >= 0.3 is 0 Å². The zero-order valence-corrected chi connectivity index (χ0v) is 26.2. The van der Waals surface area contributed by atoms with Crippen LogP contribution in [0.3, 0.4) is 0 Å². The molecule has 1 radical (unpaired) electrons. The largest absolute Gasteiger partial charge is 0.501 e. The van der Waals surface area contributed by atoms with Crippen LogP contribution < -0.4 is 0 Å². The van der Waals surface area contributed by atoms with Gasteiger partial charge in [-0.3, -0.25) is 0 Å². The van der Waals surface area contributed by atoms with Gasteiger partial charge in [-0.1, -0.05) is 104 Å². The molecule has 0 bridgehead atoms. The number of aryl methyl sites for hydroxylation is 1. The Morgan fingerprint density at radius 3 is 2.12 bits per heavy atom. The predicted octanol–water partition coefficient (Wildman–Crippen LogP) is 10.1. The molecule has 0 fully saturated rings. The Hall–Kier alpha value is -4.37. The Bertz CT molecular complexity index is 1890. The molecule has 209 valence electrons. The minimum atomic E-state index is 0. The summed E-state index contributed by atoms with van der Waals surface area (Å²) in [6.07, 6.45) is 3.79. The van der Waals surface area contributed by atoms with E-state index in [2.05, 4.69) is 84.5 Å². The molecule has 0 spiro atoms. The van der Waals surface area contributed by atoms with Gasteiger partial charge in [-0.15, -0.1) is 53.6 Å². The first-order chi connectivity index (χ1) is 20.1. The van der Waals surface area contributed by atoms with Crippen molar-refractivity contribution in [3.63, 3.8) is 0 Å². The van der Waals surface area contributed by atoms with Crippen LogP contribution in [-0.4, -0.2) is 9.97 Å². The van der Waals surface area contributed by atoms with E-state index in [1.54, 1.807) is 0 Å². The first-order valence-electron chi connectivity index (χ1n) is 13.9. The number of aromatic nitrogens is 2. The third kappa shape index (κ3) is 6.26. The minimum Gasteiger partial charge on any atom is -0.501 e. The van der Waals surface area contributed by atoms with E-state index in [0.717, 1.165) is 55.6 Å². The van der Waals surface area contributed by atoms with E-state index in [4.69, 9.17) is 4.42 Å². The van der Waals surface area contributed by atoms with Gasteiger partial charge in [0.05, 0.1) is 5.58 Å². The summed E-state index contributed by atoms with van der Waals surface area (Å²) in [6.45, 7) is 6.42. The molecule has 0 aliphatic carbocycles. The molecule has 4 aromatic carbocycles. The Labute approximate surface area is 260 Å². The first-order valence-corrected chi connectivity index (χ1v) is 13.9. The van der Waals surface area contributed by atoms with Crippen LogP contribution in [0.25, 0.3) is 55.6 Å². The van der Waals surface area contributed by atoms with E-state index in [1.807, 2.05) is 80.0 Å². The Morgan fingerprint density at radius 2 is 1.43 bits per heavy atom. The standard InChI is InChI=1S/C23H14NO.C15H16N.Ir/c1-2-7-16(8-3-1)17-13-14-21(24-15-17)20-11-6-10-19-18-9-4-5-12-22(18)25-23(19)20;1-11(2)13-5-7-14(8-6-13)15-9-4-12(3)10-16-15;/h1-10,12-15H;4-7,9-11H,1-3H3;/q2*-1;. The Morgan fingerprint density at radius 1 is 0.667 bits per heavy atom. The molecular weight excluding hydrogens is 693 g/mol. The van der Waals surface area contributed by atoms with E-state index < -0.39 is 0 Å². The number of furan rings is 1. The van der Waals surface area contributed by atoms with Gasteiger partial charge in [0.1, 0.15) is 5.58 Å². The first kappa shape index (κ1) is 29.1. The topological polar surface area (TPSA) is 38.9 Å². The van der Waals surface area contributed by atoms with Crippen LogP contribution in [0, 0.1) is 19.1 Å². The van der Waals surface area contributed by atoms with Crippen LogP contribution in [0.5, 0.6) is 0 Å². The second kappa shape index (κ2) is 13.1. The number of hydrogen-bond donors (Lipinski definition) is 0. The van der Waals surface area contributed by atoms with E-state index in [0.29, 0.717) is 5.92 Å². The maximum atomic E-state index is 6.08. The van der Waals surface area contributed by atoms with E-state index >= 15 is 0 Å². The van der Waals surface area contributed by atoms with Gasteiger partial charge in [-0.2, -0.15) is 0 Å². The summed E-state index contributed by atoms with van der Waals surface area (Å²) < 4.78 is 6.08. The van der Waals surface area contributed by atoms with Crippen molar-refractivity contribution in [3.05, 3.63) is 145 Å². The van der Waals surface area contributed by atoms with Crippen molar-refractivity contribution in [2.75, 3.05) is 0 Å². The maximum absolute atomic E-state index is 6.08. The van der Waals surface area contributed by atoms with E-state index in [1.165, 1.54) is 11.1 Å². The molecule has 4 heteroatoms. The molecular formula is C38H30IrN2O-2. The van der Waals surface area contributed by atoms with Gasteiger partial charge in [0.2, 0.25) is 0 Å². The molecule has 0 amide bonds. The van der Waals surface area contributed by atoms with Crippen LogP contribution in [0.4, 0.5) is 0 Å². The summed E-state index contributed by atoms with van der Waals surface area (Å²) in [5.74, 6) is 0.552. The molecule has 3 heterocycles. The molecule has 3 aromatic heterocycles. The molecule has 0 saturated heterocycles. The molecule has 0 atom stereocenters. The zero-order valence-electron chi connectivity index (χ0n) is 23.8. The summed E-state index contributed by atoms with van der Waals surface area (Å²) in [6, 6.07) is 43.4. The molecule has 0 N–H and O–H groups in total. The van der Waals surface area contributed by atoms with Crippen LogP contribution in [0.15, 0.2) is 126 Å². The van der Waals surface area contributed by atoms with E-state index in [9.17, 15) is 0 Å². The smallest absolute Gasteiger partial charge is 0.120 e. The maximum Gasteiger partial charge on any atom is 0.120 e. The van der Waals surface area contributed by atoms with Crippen molar-refractivity contribution in [1.82, 2.24) is 9.97 Å². The normalized spacial score (nSPS) is 10.8. The van der Waals surface area contributed by atoms with Gasteiger partial charge in [0.15, 0.2) is 0 Å². The number of fused-ring (bicyclic) bond motifs is 3. The molecule has 0 saturated carbocycles. The fraction of sp³-hybridized carbons (Fsp3) is 0.105. The summed E-state index contributed by atoms with van der Waals surface area (Å²) >= 11 is 0. The van der Waals surface area contributed by atoms with Crippen molar-refractivity contribution < 1.29 is 24.5 Å². The van der Waals surface area contributed by atoms with Crippen LogP contribution in [0.2, 0.25) is 0 Å². The number of hydrogen-bond acceptors (Lipinski definition) is 3. The van der Waals surface area contributed by atoms with Gasteiger partial charge < -0.3 is 14.4 Å². The molecule has 42 heavy (non-hydrogen) atoms. The fourth-order valence-corrected chi connectivity index (χ4v) is 4.81. The van der Waals surface area contributed by atoms with Crippen LogP contribution in [0.1, 0.15) is 30.9 Å². The number of rotatable bonds is 4. The number of para-hydroxylation sites is 1. The summed E-state index contributed by atoms with van der Waals surface area (Å²) in [7, 11) is 0. The monoisotopic (exact) mass is 723 g/mol. The van der Waals surface area contributed by atoms with Gasteiger partial charge in [0.25, 0.3) is 0 Å². The third-order valence-corrected chi connectivity index (χ3v) is 7.16.